The zero-order chi connectivity index (χ0) is 18.7. The smallest absolute Gasteiger partial charge is 0.292 e. The molecule has 1 saturated heterocycles. The minimum Gasteiger partial charge on any atom is -0.362 e. The molecule has 0 spiro atoms. The number of para-hydroxylation sites is 2. The predicted octanol–water partition coefficient (Wildman–Crippen LogP) is 2.47. The molecule has 0 bridgehead atoms. The van der Waals surface area contributed by atoms with Gasteiger partial charge in [-0.05, 0) is 12.1 Å². The van der Waals surface area contributed by atoms with Gasteiger partial charge in [0.25, 0.3) is 17.3 Å². The van der Waals surface area contributed by atoms with Crippen LogP contribution in [0.3, 0.4) is 0 Å². The molecule has 0 unspecified atom stereocenters. The summed E-state index contributed by atoms with van der Waals surface area (Å²) >= 11 is 0. The molecule has 1 aliphatic rings. The maximum atomic E-state index is 12.6. The van der Waals surface area contributed by atoms with E-state index in [1.54, 1.807) is 29.2 Å². The number of nitrogens with zero attached hydrogens (tertiary/aromatic N) is 4. The third-order valence-corrected chi connectivity index (χ3v) is 4.29. The fourth-order valence-electron chi connectivity index (χ4n) is 2.97. The first-order valence-corrected chi connectivity index (χ1v) is 7.99. The number of piperazine rings is 1. The van der Waals surface area contributed by atoms with Gasteiger partial charge in [-0.3, -0.25) is 25.0 Å². The van der Waals surface area contributed by atoms with Gasteiger partial charge in [-0.25, -0.2) is 0 Å². The quantitative estimate of drug-likeness (QED) is 0.615. The van der Waals surface area contributed by atoms with Gasteiger partial charge in [-0.15, -0.1) is 0 Å². The molecule has 0 atom stereocenters. The minimum atomic E-state index is -0.538. The van der Waals surface area contributed by atoms with Crippen molar-refractivity contribution in [1.29, 1.82) is 0 Å². The Morgan fingerprint density at radius 1 is 0.885 bits per heavy atom. The van der Waals surface area contributed by atoms with Crippen LogP contribution in [0.1, 0.15) is 10.4 Å². The molecule has 1 aliphatic heterocycles. The van der Waals surface area contributed by atoms with Crippen LogP contribution >= 0.6 is 0 Å². The average molecular weight is 356 g/mol. The SMILES string of the molecule is O=C(c1cccc([N+](=O)[O-])c1)N1CCN(c2ccccc2[N+](=O)[O-])CC1. The van der Waals surface area contributed by atoms with Gasteiger partial charge in [-0.2, -0.15) is 0 Å². The zero-order valence-corrected chi connectivity index (χ0v) is 13.8. The molecular formula is C17H16N4O5. The highest BCUT2D eigenvalue weighted by Crippen LogP contribution is 2.28. The number of nitro groups is 2. The summed E-state index contributed by atoms with van der Waals surface area (Å²) in [7, 11) is 0. The Kier molecular flexibility index (Phi) is 4.78. The molecule has 0 radical (unpaired) electrons. The largest absolute Gasteiger partial charge is 0.362 e. The van der Waals surface area contributed by atoms with Crippen LogP contribution in [-0.4, -0.2) is 46.8 Å². The van der Waals surface area contributed by atoms with Crippen molar-refractivity contribution in [2.45, 2.75) is 0 Å². The first kappa shape index (κ1) is 17.3. The molecule has 0 N–H and O–H groups in total. The summed E-state index contributed by atoms with van der Waals surface area (Å²) in [5, 5.41) is 22.0. The molecule has 0 saturated carbocycles. The molecule has 0 aromatic heterocycles. The molecule has 9 nitrogen and oxygen atoms in total. The summed E-state index contributed by atoms with van der Waals surface area (Å²) < 4.78 is 0. The zero-order valence-electron chi connectivity index (χ0n) is 13.8. The highest BCUT2D eigenvalue weighted by molar-refractivity contribution is 5.95. The van der Waals surface area contributed by atoms with Crippen LogP contribution < -0.4 is 4.90 Å². The van der Waals surface area contributed by atoms with Crippen molar-refractivity contribution in [2.75, 3.05) is 31.1 Å². The molecule has 0 aliphatic carbocycles. The molecule has 3 rings (SSSR count). The summed E-state index contributed by atoms with van der Waals surface area (Å²) in [5.41, 5.74) is 0.693. The lowest BCUT2D eigenvalue weighted by Gasteiger charge is -2.35. The van der Waals surface area contributed by atoms with E-state index >= 15 is 0 Å². The van der Waals surface area contributed by atoms with E-state index in [0.717, 1.165) is 0 Å². The molecule has 1 heterocycles. The van der Waals surface area contributed by atoms with Gasteiger partial charge in [0.2, 0.25) is 0 Å². The molecule has 26 heavy (non-hydrogen) atoms. The number of non-ortho nitro benzene ring substituents is 1. The van der Waals surface area contributed by atoms with E-state index in [-0.39, 0.29) is 22.8 Å². The lowest BCUT2D eigenvalue weighted by molar-refractivity contribution is -0.384. The van der Waals surface area contributed by atoms with Crippen LogP contribution in [0, 0.1) is 20.2 Å². The van der Waals surface area contributed by atoms with Crippen molar-refractivity contribution in [3.63, 3.8) is 0 Å². The highest BCUT2D eigenvalue weighted by Gasteiger charge is 2.26. The van der Waals surface area contributed by atoms with Gasteiger partial charge in [0.05, 0.1) is 9.85 Å². The maximum Gasteiger partial charge on any atom is 0.292 e. The van der Waals surface area contributed by atoms with Crippen molar-refractivity contribution >= 4 is 23.0 Å². The molecule has 9 heteroatoms. The number of hydrogen-bond donors (Lipinski definition) is 0. The average Bonchev–Trinajstić information content (AvgIpc) is 2.67. The Morgan fingerprint density at radius 2 is 1.58 bits per heavy atom. The number of amides is 1. The van der Waals surface area contributed by atoms with E-state index in [4.69, 9.17) is 0 Å². The lowest BCUT2D eigenvalue weighted by atomic mass is 10.1. The van der Waals surface area contributed by atoms with Gasteiger partial charge < -0.3 is 9.80 Å². The third kappa shape index (κ3) is 3.46. The van der Waals surface area contributed by atoms with E-state index in [0.29, 0.717) is 31.9 Å². The van der Waals surface area contributed by atoms with Gasteiger partial charge in [0.1, 0.15) is 5.69 Å². The van der Waals surface area contributed by atoms with Crippen LogP contribution in [-0.2, 0) is 0 Å². The van der Waals surface area contributed by atoms with Crippen molar-refractivity contribution in [3.8, 4) is 0 Å². The van der Waals surface area contributed by atoms with Crippen molar-refractivity contribution in [2.24, 2.45) is 0 Å². The van der Waals surface area contributed by atoms with Gasteiger partial charge >= 0.3 is 0 Å². The molecule has 2 aromatic rings. The summed E-state index contributed by atoms with van der Waals surface area (Å²) in [6, 6.07) is 12.1. The van der Waals surface area contributed by atoms with Crippen LogP contribution in [0.25, 0.3) is 0 Å². The van der Waals surface area contributed by atoms with E-state index in [1.807, 2.05) is 4.90 Å². The number of nitro benzene ring substituents is 2. The second kappa shape index (κ2) is 7.18. The van der Waals surface area contributed by atoms with Gasteiger partial charge in [0, 0.05) is 49.9 Å². The third-order valence-electron chi connectivity index (χ3n) is 4.29. The molecule has 134 valence electrons. The van der Waals surface area contributed by atoms with Crippen molar-refractivity contribution in [1.82, 2.24) is 4.90 Å². The standard InChI is InChI=1S/C17H16N4O5/c22-17(13-4-3-5-14(12-13)20(23)24)19-10-8-18(9-11-19)15-6-1-2-7-16(15)21(25)26/h1-7,12H,8-11H2. The second-order valence-corrected chi connectivity index (χ2v) is 5.83. The van der Waals surface area contributed by atoms with Gasteiger partial charge in [-0.1, -0.05) is 18.2 Å². The Labute approximate surface area is 148 Å². The Balaban J connectivity index is 1.71. The fraction of sp³-hybridized carbons (Fsp3) is 0.235. The first-order valence-electron chi connectivity index (χ1n) is 7.99. The number of carbonyl (C=O) groups excluding carboxylic acids is 1. The Bertz CT molecular complexity index is 862. The molecule has 1 fully saturated rings. The lowest BCUT2D eigenvalue weighted by Crippen LogP contribution is -2.49. The first-order chi connectivity index (χ1) is 12.5. The topological polar surface area (TPSA) is 110 Å². The summed E-state index contributed by atoms with van der Waals surface area (Å²) in [5.74, 6) is -0.282. The number of carbonyl (C=O) groups is 1. The monoisotopic (exact) mass is 356 g/mol. The Hall–Kier alpha value is -3.49. The maximum absolute atomic E-state index is 12.6. The van der Waals surface area contributed by atoms with E-state index in [1.165, 1.54) is 24.3 Å². The summed E-state index contributed by atoms with van der Waals surface area (Å²) in [4.78, 5) is 37.1. The summed E-state index contributed by atoms with van der Waals surface area (Å²) in [6.07, 6.45) is 0. The van der Waals surface area contributed by atoms with Crippen LogP contribution in [0.4, 0.5) is 17.1 Å². The van der Waals surface area contributed by atoms with E-state index in [2.05, 4.69) is 0 Å². The predicted molar refractivity (Wildman–Crippen MR) is 94.3 cm³/mol. The second-order valence-electron chi connectivity index (χ2n) is 5.83. The molecule has 2 aromatic carbocycles. The van der Waals surface area contributed by atoms with Gasteiger partial charge in [0.15, 0.2) is 0 Å². The normalized spacial score (nSPS) is 14.2. The Morgan fingerprint density at radius 3 is 2.23 bits per heavy atom. The summed E-state index contributed by atoms with van der Waals surface area (Å²) in [6.45, 7) is 1.66. The number of hydrogen-bond acceptors (Lipinski definition) is 6. The van der Waals surface area contributed by atoms with Crippen LogP contribution in [0.2, 0.25) is 0 Å². The fourth-order valence-corrected chi connectivity index (χ4v) is 2.97. The highest BCUT2D eigenvalue weighted by atomic mass is 16.6. The van der Waals surface area contributed by atoms with E-state index < -0.39 is 9.85 Å². The van der Waals surface area contributed by atoms with Crippen molar-refractivity contribution in [3.05, 3.63) is 74.3 Å². The number of rotatable bonds is 4. The molecule has 1 amide bonds. The minimum absolute atomic E-state index is 0.0333. The van der Waals surface area contributed by atoms with Crippen LogP contribution in [0.5, 0.6) is 0 Å². The number of anilines is 1. The molecular weight excluding hydrogens is 340 g/mol. The number of benzene rings is 2. The van der Waals surface area contributed by atoms with Crippen LogP contribution in [0.15, 0.2) is 48.5 Å². The van der Waals surface area contributed by atoms with Crippen molar-refractivity contribution < 1.29 is 14.6 Å². The van der Waals surface area contributed by atoms with E-state index in [9.17, 15) is 25.0 Å².